The number of ether oxygens (including phenoxy) is 1. The van der Waals surface area contributed by atoms with E-state index in [-0.39, 0.29) is 5.97 Å². The molecule has 0 atom stereocenters. The third-order valence-corrected chi connectivity index (χ3v) is 2.46. The molecule has 1 aromatic rings. The molecule has 18 heavy (non-hydrogen) atoms. The predicted molar refractivity (Wildman–Crippen MR) is 65.7 cm³/mol. The van der Waals surface area contributed by atoms with Crippen LogP contribution < -0.4 is 0 Å². The van der Waals surface area contributed by atoms with E-state index in [9.17, 15) is 4.79 Å². The average molecular weight is 255 g/mol. The lowest BCUT2D eigenvalue weighted by atomic mass is 10.4. The Hall–Kier alpha value is -1.50. The summed E-state index contributed by atoms with van der Waals surface area (Å²) in [5, 5.41) is 11.6. The minimum Gasteiger partial charge on any atom is -0.466 e. The highest BCUT2D eigenvalue weighted by Crippen LogP contribution is 2.00. The standard InChI is InChI=1S/C11H21N5O2/c1-4-7-16-10(12-13-14-16)9-15(3)8-6-11(17)18-5-2/h4-9H2,1-3H3. The maximum atomic E-state index is 11.2. The number of carbonyl (C=O) groups is 1. The van der Waals surface area contributed by atoms with Gasteiger partial charge in [0, 0.05) is 13.1 Å². The molecular formula is C11H21N5O2. The second-order valence-electron chi connectivity index (χ2n) is 4.11. The van der Waals surface area contributed by atoms with Crippen LogP contribution in [0.15, 0.2) is 0 Å². The van der Waals surface area contributed by atoms with Gasteiger partial charge >= 0.3 is 5.97 Å². The highest BCUT2D eigenvalue weighted by atomic mass is 16.5. The van der Waals surface area contributed by atoms with E-state index >= 15 is 0 Å². The smallest absolute Gasteiger partial charge is 0.307 e. The highest BCUT2D eigenvalue weighted by Gasteiger charge is 2.10. The lowest BCUT2D eigenvalue weighted by Gasteiger charge is -2.15. The van der Waals surface area contributed by atoms with Gasteiger partial charge in [0.15, 0.2) is 5.82 Å². The molecular weight excluding hydrogens is 234 g/mol. The lowest BCUT2D eigenvalue weighted by Crippen LogP contribution is -2.24. The van der Waals surface area contributed by atoms with Gasteiger partial charge in [0.1, 0.15) is 0 Å². The number of tetrazole rings is 1. The van der Waals surface area contributed by atoms with Gasteiger partial charge in [-0.25, -0.2) is 4.68 Å². The Morgan fingerprint density at radius 2 is 2.22 bits per heavy atom. The Balaban J connectivity index is 2.37. The fourth-order valence-corrected chi connectivity index (χ4v) is 1.56. The molecule has 1 heterocycles. The monoisotopic (exact) mass is 255 g/mol. The van der Waals surface area contributed by atoms with E-state index in [2.05, 4.69) is 22.4 Å². The molecule has 0 N–H and O–H groups in total. The molecule has 0 bridgehead atoms. The summed E-state index contributed by atoms with van der Waals surface area (Å²) in [6, 6.07) is 0. The molecule has 0 unspecified atom stereocenters. The zero-order chi connectivity index (χ0) is 13.4. The summed E-state index contributed by atoms with van der Waals surface area (Å²) in [5.41, 5.74) is 0. The van der Waals surface area contributed by atoms with E-state index in [0.29, 0.717) is 26.1 Å². The maximum Gasteiger partial charge on any atom is 0.307 e. The van der Waals surface area contributed by atoms with Crippen molar-refractivity contribution < 1.29 is 9.53 Å². The Labute approximate surface area is 107 Å². The Kier molecular flexibility index (Phi) is 6.27. The zero-order valence-corrected chi connectivity index (χ0v) is 11.3. The van der Waals surface area contributed by atoms with E-state index < -0.39 is 0 Å². The lowest BCUT2D eigenvalue weighted by molar-refractivity contribution is -0.143. The molecule has 7 nitrogen and oxygen atoms in total. The largest absolute Gasteiger partial charge is 0.466 e. The molecule has 0 spiro atoms. The Morgan fingerprint density at radius 1 is 1.44 bits per heavy atom. The van der Waals surface area contributed by atoms with Crippen LogP contribution in [0, 0.1) is 0 Å². The van der Waals surface area contributed by atoms with Gasteiger partial charge in [0.05, 0.1) is 19.6 Å². The average Bonchev–Trinajstić information content (AvgIpc) is 2.75. The van der Waals surface area contributed by atoms with Crippen molar-refractivity contribution in [2.45, 2.75) is 39.8 Å². The van der Waals surface area contributed by atoms with Gasteiger partial charge in [0.2, 0.25) is 0 Å². The van der Waals surface area contributed by atoms with Crippen molar-refractivity contribution in [2.75, 3.05) is 20.2 Å². The summed E-state index contributed by atoms with van der Waals surface area (Å²) in [4.78, 5) is 13.2. The summed E-state index contributed by atoms with van der Waals surface area (Å²) < 4.78 is 6.67. The van der Waals surface area contributed by atoms with Gasteiger partial charge in [-0.2, -0.15) is 0 Å². The van der Waals surface area contributed by atoms with E-state index in [1.165, 1.54) is 0 Å². The van der Waals surface area contributed by atoms with Gasteiger partial charge < -0.3 is 4.74 Å². The first-order valence-electron chi connectivity index (χ1n) is 6.26. The third-order valence-electron chi connectivity index (χ3n) is 2.46. The molecule has 1 rings (SSSR count). The number of aryl methyl sites for hydroxylation is 1. The molecule has 0 radical (unpaired) electrons. The molecule has 0 saturated heterocycles. The normalized spacial score (nSPS) is 10.9. The molecule has 0 aliphatic carbocycles. The SMILES string of the molecule is CCCn1nnnc1CN(C)CCC(=O)OCC. The predicted octanol–water partition coefficient (Wildman–Crippen LogP) is 0.468. The van der Waals surface area contributed by atoms with Crippen molar-refractivity contribution >= 4 is 5.97 Å². The summed E-state index contributed by atoms with van der Waals surface area (Å²) in [7, 11) is 1.93. The van der Waals surface area contributed by atoms with E-state index in [4.69, 9.17) is 4.74 Å². The van der Waals surface area contributed by atoms with Crippen LogP contribution in [-0.4, -0.2) is 51.3 Å². The van der Waals surface area contributed by atoms with Crippen molar-refractivity contribution in [3.8, 4) is 0 Å². The van der Waals surface area contributed by atoms with Crippen LogP contribution in [-0.2, 0) is 22.6 Å². The van der Waals surface area contributed by atoms with Crippen LogP contribution in [0.5, 0.6) is 0 Å². The molecule has 0 aliphatic heterocycles. The summed E-state index contributed by atoms with van der Waals surface area (Å²) in [5.74, 6) is 0.653. The number of nitrogens with zero attached hydrogens (tertiary/aromatic N) is 5. The maximum absolute atomic E-state index is 11.2. The molecule has 0 aromatic carbocycles. The van der Waals surface area contributed by atoms with E-state index in [0.717, 1.165) is 18.8 Å². The van der Waals surface area contributed by atoms with Crippen molar-refractivity contribution in [1.82, 2.24) is 25.1 Å². The number of aromatic nitrogens is 4. The molecule has 1 aromatic heterocycles. The van der Waals surface area contributed by atoms with Crippen LogP contribution in [0.4, 0.5) is 0 Å². The Bertz CT molecular complexity index is 366. The first kappa shape index (κ1) is 14.6. The van der Waals surface area contributed by atoms with Gasteiger partial charge in [-0.1, -0.05) is 6.92 Å². The number of rotatable bonds is 8. The Morgan fingerprint density at radius 3 is 2.89 bits per heavy atom. The van der Waals surface area contributed by atoms with Crippen molar-refractivity contribution in [2.24, 2.45) is 0 Å². The van der Waals surface area contributed by atoms with Crippen LogP contribution in [0.25, 0.3) is 0 Å². The van der Waals surface area contributed by atoms with Crippen LogP contribution in [0.3, 0.4) is 0 Å². The number of hydrogen-bond acceptors (Lipinski definition) is 6. The first-order valence-corrected chi connectivity index (χ1v) is 6.26. The number of hydrogen-bond donors (Lipinski definition) is 0. The van der Waals surface area contributed by atoms with Gasteiger partial charge in [-0.3, -0.25) is 9.69 Å². The molecule has 0 saturated carbocycles. The van der Waals surface area contributed by atoms with Gasteiger partial charge in [-0.05, 0) is 30.8 Å². The second-order valence-corrected chi connectivity index (χ2v) is 4.11. The quantitative estimate of drug-likeness (QED) is 0.629. The van der Waals surface area contributed by atoms with Crippen molar-refractivity contribution in [3.63, 3.8) is 0 Å². The third kappa shape index (κ3) is 4.79. The highest BCUT2D eigenvalue weighted by molar-refractivity contribution is 5.69. The molecule has 7 heteroatoms. The molecule has 0 aliphatic rings. The molecule has 0 amide bonds. The summed E-state index contributed by atoms with van der Waals surface area (Å²) in [6.45, 7) is 6.39. The van der Waals surface area contributed by atoms with E-state index in [1.807, 2.05) is 11.9 Å². The zero-order valence-electron chi connectivity index (χ0n) is 11.3. The van der Waals surface area contributed by atoms with Crippen LogP contribution >= 0.6 is 0 Å². The molecule has 0 fully saturated rings. The van der Waals surface area contributed by atoms with E-state index in [1.54, 1.807) is 11.6 Å². The summed E-state index contributed by atoms with van der Waals surface area (Å²) >= 11 is 0. The summed E-state index contributed by atoms with van der Waals surface area (Å²) in [6.07, 6.45) is 1.38. The fraction of sp³-hybridized carbons (Fsp3) is 0.818. The van der Waals surface area contributed by atoms with Crippen molar-refractivity contribution in [3.05, 3.63) is 5.82 Å². The minimum absolute atomic E-state index is 0.169. The number of esters is 1. The van der Waals surface area contributed by atoms with Crippen molar-refractivity contribution in [1.29, 1.82) is 0 Å². The van der Waals surface area contributed by atoms with Gasteiger partial charge in [0.25, 0.3) is 0 Å². The van der Waals surface area contributed by atoms with Crippen LogP contribution in [0.2, 0.25) is 0 Å². The second kappa shape index (κ2) is 7.75. The topological polar surface area (TPSA) is 73.1 Å². The van der Waals surface area contributed by atoms with Crippen LogP contribution in [0.1, 0.15) is 32.5 Å². The fourth-order valence-electron chi connectivity index (χ4n) is 1.56. The first-order chi connectivity index (χ1) is 8.67. The molecule has 102 valence electrons. The minimum atomic E-state index is -0.169. The number of carbonyl (C=O) groups excluding carboxylic acids is 1. The van der Waals surface area contributed by atoms with Gasteiger partial charge in [-0.15, -0.1) is 5.10 Å².